The van der Waals surface area contributed by atoms with Crippen molar-refractivity contribution < 1.29 is 9.59 Å². The van der Waals surface area contributed by atoms with Gasteiger partial charge < -0.3 is 0 Å². The van der Waals surface area contributed by atoms with Crippen LogP contribution in [0.4, 0.5) is 11.4 Å². The molecule has 2 saturated carbocycles. The van der Waals surface area contributed by atoms with Gasteiger partial charge in [0.25, 0.3) is 0 Å². The Hall–Kier alpha value is -2.62. The number of hydrogen-bond donors (Lipinski definition) is 1. The fourth-order valence-electron chi connectivity index (χ4n) is 5.00. The summed E-state index contributed by atoms with van der Waals surface area (Å²) in [5, 5.41) is 1.83. The van der Waals surface area contributed by atoms with Crippen LogP contribution in [0.25, 0.3) is 0 Å². The van der Waals surface area contributed by atoms with Crippen LogP contribution in [-0.2, 0) is 9.59 Å². The Morgan fingerprint density at radius 1 is 0.889 bits per heavy atom. The highest BCUT2D eigenvalue weighted by molar-refractivity contribution is 6.00. The maximum atomic E-state index is 13.6. The summed E-state index contributed by atoms with van der Waals surface area (Å²) >= 11 is 0. The van der Waals surface area contributed by atoms with Crippen molar-refractivity contribution in [1.29, 1.82) is 0 Å². The molecule has 2 atom stereocenters. The first-order valence-electron chi connectivity index (χ1n) is 9.56. The second-order valence-corrected chi connectivity index (χ2v) is 8.59. The van der Waals surface area contributed by atoms with Crippen LogP contribution >= 0.6 is 0 Å². The SMILES string of the molecule is CC1(C)[C@]2(C(=O)NN(c3ccccc3)c3ccccc3)CC[C@@]1(C)C(=O)C2. The fraction of sp³-hybridized carbons (Fsp3) is 0.391. The summed E-state index contributed by atoms with van der Waals surface area (Å²) in [5.41, 5.74) is 3.50. The number of para-hydroxylation sites is 2. The maximum absolute atomic E-state index is 13.6. The van der Waals surface area contributed by atoms with Gasteiger partial charge >= 0.3 is 0 Å². The Morgan fingerprint density at radius 2 is 1.41 bits per heavy atom. The number of fused-ring (bicyclic) bond motifs is 2. The molecular weight excluding hydrogens is 336 g/mol. The van der Waals surface area contributed by atoms with E-state index >= 15 is 0 Å². The highest BCUT2D eigenvalue weighted by atomic mass is 16.2. The number of nitrogens with zero attached hydrogens (tertiary/aromatic N) is 1. The van der Waals surface area contributed by atoms with Crippen molar-refractivity contribution in [2.45, 2.75) is 40.0 Å². The molecule has 2 aromatic carbocycles. The van der Waals surface area contributed by atoms with E-state index in [4.69, 9.17) is 0 Å². The molecule has 2 aromatic rings. The van der Waals surface area contributed by atoms with Crippen molar-refractivity contribution in [2.24, 2.45) is 16.2 Å². The number of amides is 1. The van der Waals surface area contributed by atoms with Gasteiger partial charge in [0, 0.05) is 11.8 Å². The van der Waals surface area contributed by atoms with Crippen molar-refractivity contribution in [3.63, 3.8) is 0 Å². The van der Waals surface area contributed by atoms with E-state index in [9.17, 15) is 9.59 Å². The van der Waals surface area contributed by atoms with Gasteiger partial charge in [0.1, 0.15) is 5.78 Å². The van der Waals surface area contributed by atoms with Gasteiger partial charge in [-0.2, -0.15) is 0 Å². The van der Waals surface area contributed by atoms with E-state index in [1.54, 1.807) is 0 Å². The Balaban J connectivity index is 1.71. The first-order chi connectivity index (χ1) is 12.8. The number of carbonyl (C=O) groups is 2. The quantitative estimate of drug-likeness (QED) is 0.806. The summed E-state index contributed by atoms with van der Waals surface area (Å²) in [6, 6.07) is 19.6. The number of carbonyl (C=O) groups excluding carboxylic acids is 2. The number of rotatable bonds is 4. The van der Waals surface area contributed by atoms with Gasteiger partial charge in [-0.1, -0.05) is 57.2 Å². The molecule has 0 aliphatic heterocycles. The largest absolute Gasteiger partial charge is 0.299 e. The first-order valence-corrected chi connectivity index (χ1v) is 9.56. The van der Waals surface area contributed by atoms with Crippen LogP contribution in [0.1, 0.15) is 40.0 Å². The minimum atomic E-state index is -0.652. The predicted octanol–water partition coefficient (Wildman–Crippen LogP) is 4.64. The Labute approximate surface area is 160 Å². The number of anilines is 2. The van der Waals surface area contributed by atoms with Crippen LogP contribution in [-0.4, -0.2) is 11.7 Å². The van der Waals surface area contributed by atoms with E-state index in [1.165, 1.54) is 0 Å². The Bertz CT molecular complexity index is 838. The lowest BCUT2D eigenvalue weighted by Crippen LogP contribution is -2.51. The number of Topliss-reactive ketones (excluding diaryl/α,β-unsaturated/α-hetero) is 1. The molecule has 2 aliphatic carbocycles. The molecule has 4 rings (SSSR count). The molecule has 4 heteroatoms. The molecule has 4 nitrogen and oxygen atoms in total. The van der Waals surface area contributed by atoms with Crippen LogP contribution in [0.15, 0.2) is 60.7 Å². The van der Waals surface area contributed by atoms with E-state index in [-0.39, 0.29) is 17.1 Å². The van der Waals surface area contributed by atoms with E-state index in [1.807, 2.05) is 72.6 Å². The highest BCUT2D eigenvalue weighted by Crippen LogP contribution is 2.70. The molecule has 2 bridgehead atoms. The second-order valence-electron chi connectivity index (χ2n) is 8.59. The van der Waals surface area contributed by atoms with Crippen molar-refractivity contribution in [3.8, 4) is 0 Å². The summed E-state index contributed by atoms with van der Waals surface area (Å²) in [6.07, 6.45) is 1.87. The summed E-state index contributed by atoms with van der Waals surface area (Å²) in [5.74, 6) is 0.162. The summed E-state index contributed by atoms with van der Waals surface area (Å²) in [7, 11) is 0. The standard InChI is InChI=1S/C23H26N2O2/c1-21(2)22(3)14-15-23(21,16-19(22)26)20(27)24-25(17-10-6-4-7-11-17)18-12-8-5-9-13-18/h4-13H,14-16H2,1-3H3,(H,24,27)/t22-,23+/m0/s1. The van der Waals surface area contributed by atoms with Crippen LogP contribution < -0.4 is 10.4 Å². The van der Waals surface area contributed by atoms with Crippen molar-refractivity contribution in [2.75, 3.05) is 5.01 Å². The van der Waals surface area contributed by atoms with Gasteiger partial charge in [-0.3, -0.25) is 20.0 Å². The number of benzene rings is 2. The van der Waals surface area contributed by atoms with Gasteiger partial charge in [0.15, 0.2) is 0 Å². The topological polar surface area (TPSA) is 49.4 Å². The summed E-state index contributed by atoms with van der Waals surface area (Å²) in [4.78, 5) is 26.3. The monoisotopic (exact) mass is 362 g/mol. The van der Waals surface area contributed by atoms with E-state index < -0.39 is 10.8 Å². The van der Waals surface area contributed by atoms with E-state index in [2.05, 4.69) is 19.3 Å². The molecular formula is C23H26N2O2. The fourth-order valence-corrected chi connectivity index (χ4v) is 5.00. The predicted molar refractivity (Wildman–Crippen MR) is 106 cm³/mol. The minimum absolute atomic E-state index is 0.0604. The lowest BCUT2D eigenvalue weighted by Gasteiger charge is -2.40. The van der Waals surface area contributed by atoms with Gasteiger partial charge in [-0.05, 0) is 42.5 Å². The van der Waals surface area contributed by atoms with Crippen LogP contribution in [0.5, 0.6) is 0 Å². The maximum Gasteiger partial charge on any atom is 0.246 e. The van der Waals surface area contributed by atoms with Crippen molar-refractivity contribution >= 4 is 23.1 Å². The van der Waals surface area contributed by atoms with Crippen molar-refractivity contribution in [1.82, 2.24) is 5.43 Å². The lowest BCUT2D eigenvalue weighted by molar-refractivity contribution is -0.136. The summed E-state index contributed by atoms with van der Waals surface area (Å²) < 4.78 is 0. The molecule has 0 aromatic heterocycles. The zero-order valence-electron chi connectivity index (χ0n) is 16.2. The molecule has 27 heavy (non-hydrogen) atoms. The number of ketones is 1. The third kappa shape index (κ3) is 2.35. The van der Waals surface area contributed by atoms with Crippen LogP contribution in [0.2, 0.25) is 0 Å². The van der Waals surface area contributed by atoms with Gasteiger partial charge in [0.05, 0.1) is 16.8 Å². The molecule has 1 amide bonds. The molecule has 0 spiro atoms. The molecule has 2 fully saturated rings. The second kappa shape index (κ2) is 5.95. The average molecular weight is 362 g/mol. The molecule has 0 unspecified atom stereocenters. The Morgan fingerprint density at radius 3 is 1.81 bits per heavy atom. The lowest BCUT2D eigenvalue weighted by atomic mass is 9.64. The van der Waals surface area contributed by atoms with E-state index in [0.717, 1.165) is 24.2 Å². The van der Waals surface area contributed by atoms with Crippen LogP contribution in [0, 0.1) is 16.2 Å². The zero-order valence-corrected chi connectivity index (χ0v) is 16.2. The van der Waals surface area contributed by atoms with Gasteiger partial charge in [0.2, 0.25) is 5.91 Å². The third-order valence-electron chi connectivity index (χ3n) is 7.38. The molecule has 0 heterocycles. The highest BCUT2D eigenvalue weighted by Gasteiger charge is 2.72. The average Bonchev–Trinajstić information content (AvgIpc) is 2.97. The van der Waals surface area contributed by atoms with Gasteiger partial charge in [-0.15, -0.1) is 0 Å². The number of nitrogens with one attached hydrogen (secondary N) is 1. The molecule has 140 valence electrons. The summed E-state index contributed by atoms with van der Waals surface area (Å²) in [6.45, 7) is 6.20. The molecule has 1 N–H and O–H groups in total. The normalized spacial score (nSPS) is 28.2. The minimum Gasteiger partial charge on any atom is -0.299 e. The number of hydrogen-bond acceptors (Lipinski definition) is 3. The van der Waals surface area contributed by atoms with Crippen molar-refractivity contribution in [3.05, 3.63) is 60.7 Å². The van der Waals surface area contributed by atoms with Gasteiger partial charge in [-0.25, -0.2) is 0 Å². The molecule has 0 saturated heterocycles. The Kier molecular flexibility index (Phi) is 3.91. The van der Waals surface area contributed by atoms with Crippen LogP contribution in [0.3, 0.4) is 0 Å². The first kappa shape index (κ1) is 17.8. The smallest absolute Gasteiger partial charge is 0.246 e. The third-order valence-corrected chi connectivity index (χ3v) is 7.38. The van der Waals surface area contributed by atoms with E-state index in [0.29, 0.717) is 6.42 Å². The zero-order chi connectivity index (χ0) is 19.3. The molecule has 0 radical (unpaired) electrons. The molecule has 2 aliphatic rings. The number of hydrazine groups is 1.